The molecular weight excluding hydrogens is 375 g/mol. The van der Waals surface area contributed by atoms with Gasteiger partial charge in [-0.2, -0.15) is 0 Å². The van der Waals surface area contributed by atoms with Crippen LogP contribution in [0.25, 0.3) is 10.1 Å². The Morgan fingerprint density at radius 3 is 2.58 bits per heavy atom. The molecule has 0 aliphatic heterocycles. The second-order valence-electron chi connectivity index (χ2n) is 5.67. The molecule has 6 nitrogen and oxygen atoms in total. The second kappa shape index (κ2) is 7.70. The van der Waals surface area contributed by atoms with Crippen molar-refractivity contribution >= 4 is 34.5 Å². The molecule has 0 bridgehead atoms. The Morgan fingerprint density at radius 1 is 1.12 bits per heavy atom. The largest absolute Gasteiger partial charge is 0.491 e. The molecule has 0 radical (unpaired) electrons. The molecular formula is C18H17O6PS. The van der Waals surface area contributed by atoms with Crippen LogP contribution in [0.2, 0.25) is 0 Å². The minimum atomic E-state index is -4.86. The smallest absolute Gasteiger partial charge is 0.396 e. The molecule has 0 fully saturated rings. The first-order valence-electron chi connectivity index (χ1n) is 7.83. The summed E-state index contributed by atoms with van der Waals surface area (Å²) in [6.45, 7) is -0.0727. The fourth-order valence-corrected chi connectivity index (χ4v) is 4.19. The van der Waals surface area contributed by atoms with Crippen molar-refractivity contribution in [3.8, 4) is 5.75 Å². The fraction of sp³-hybridized carbons (Fsp3) is 0.167. The first kappa shape index (κ1) is 18.8. The summed E-state index contributed by atoms with van der Waals surface area (Å²) in [6.07, 6.45) is 0.447. The predicted molar refractivity (Wildman–Crippen MR) is 100 cm³/mol. The second-order valence-corrected chi connectivity index (χ2v) is 8.33. The molecule has 3 N–H and O–H groups in total. The molecule has 0 atom stereocenters. The van der Waals surface area contributed by atoms with Gasteiger partial charge in [0.1, 0.15) is 12.4 Å². The molecule has 1 heterocycles. The summed E-state index contributed by atoms with van der Waals surface area (Å²) in [5.74, 6) is 0.471. The normalized spacial score (nSPS) is 11.7. The standard InChI is InChI=1S/C18H17O6PS/c19-7-8-24-16-6-5-13(18(20)25(21,22)23)9-14(16)11-15-10-12-3-1-2-4-17(12)26-15/h1-6,9-10,19H,7-8,11H2,(H2,21,22,23). The molecule has 0 saturated heterocycles. The van der Waals surface area contributed by atoms with Crippen molar-refractivity contribution in [3.63, 3.8) is 0 Å². The van der Waals surface area contributed by atoms with Gasteiger partial charge >= 0.3 is 7.60 Å². The van der Waals surface area contributed by atoms with E-state index in [0.717, 1.165) is 15.0 Å². The van der Waals surface area contributed by atoms with Crippen LogP contribution in [0.15, 0.2) is 48.5 Å². The Kier molecular flexibility index (Phi) is 5.55. The molecule has 0 amide bonds. The lowest BCUT2D eigenvalue weighted by Crippen LogP contribution is -2.06. The van der Waals surface area contributed by atoms with Crippen LogP contribution in [0.5, 0.6) is 5.75 Å². The number of thiophene rings is 1. The average molecular weight is 392 g/mol. The molecule has 0 spiro atoms. The van der Waals surface area contributed by atoms with Crippen molar-refractivity contribution in [2.24, 2.45) is 0 Å². The first-order valence-corrected chi connectivity index (χ1v) is 10.3. The Bertz CT molecular complexity index is 957. The molecule has 8 heteroatoms. The maximum Gasteiger partial charge on any atom is 0.396 e. The maximum absolute atomic E-state index is 11.9. The van der Waals surface area contributed by atoms with Gasteiger partial charge in [-0.3, -0.25) is 9.36 Å². The first-order chi connectivity index (χ1) is 12.4. The lowest BCUT2D eigenvalue weighted by atomic mass is 10.1. The number of carbonyl (C=O) groups excluding carboxylic acids is 1. The molecule has 0 aliphatic carbocycles. The number of aliphatic hydroxyl groups excluding tert-OH is 1. The molecule has 2 aromatic carbocycles. The van der Waals surface area contributed by atoms with E-state index in [0.29, 0.717) is 17.7 Å². The third kappa shape index (κ3) is 4.20. The van der Waals surface area contributed by atoms with Crippen molar-refractivity contribution in [1.29, 1.82) is 0 Å². The topological polar surface area (TPSA) is 104 Å². The van der Waals surface area contributed by atoms with Gasteiger partial charge in [0.2, 0.25) is 0 Å². The summed E-state index contributed by atoms with van der Waals surface area (Å²) in [6, 6.07) is 14.2. The van der Waals surface area contributed by atoms with Gasteiger partial charge in [-0.15, -0.1) is 11.3 Å². The summed E-state index contributed by atoms with van der Waals surface area (Å²) in [4.78, 5) is 31.2. The number of ether oxygens (including phenoxy) is 1. The highest BCUT2D eigenvalue weighted by Crippen LogP contribution is 2.40. The van der Waals surface area contributed by atoms with Crippen molar-refractivity contribution in [3.05, 3.63) is 64.5 Å². The van der Waals surface area contributed by atoms with Crippen LogP contribution >= 0.6 is 18.9 Å². The van der Waals surface area contributed by atoms with Crippen LogP contribution in [-0.4, -0.2) is 33.6 Å². The number of aliphatic hydroxyl groups is 1. The van der Waals surface area contributed by atoms with Crippen LogP contribution in [0.1, 0.15) is 20.8 Å². The number of benzene rings is 2. The molecule has 3 rings (SSSR count). The number of hydrogen-bond acceptors (Lipinski definition) is 5. The minimum absolute atomic E-state index is 0.0641. The minimum Gasteiger partial charge on any atom is -0.491 e. The number of carbonyl (C=O) groups is 1. The van der Waals surface area contributed by atoms with Gasteiger partial charge in [-0.05, 0) is 35.7 Å². The highest BCUT2D eigenvalue weighted by Gasteiger charge is 2.28. The van der Waals surface area contributed by atoms with Crippen molar-refractivity contribution in [2.75, 3.05) is 13.2 Å². The molecule has 0 unspecified atom stereocenters. The van der Waals surface area contributed by atoms with Gasteiger partial charge in [0.05, 0.1) is 6.61 Å². The van der Waals surface area contributed by atoms with Crippen molar-refractivity contribution in [1.82, 2.24) is 0 Å². The Morgan fingerprint density at radius 2 is 1.88 bits per heavy atom. The Labute approximate surface area is 153 Å². The van der Waals surface area contributed by atoms with E-state index < -0.39 is 13.1 Å². The van der Waals surface area contributed by atoms with Crippen LogP contribution in [0.3, 0.4) is 0 Å². The van der Waals surface area contributed by atoms with E-state index in [1.807, 2.05) is 30.3 Å². The third-order valence-corrected chi connectivity index (χ3v) is 5.67. The zero-order chi connectivity index (χ0) is 18.7. The number of fused-ring (bicyclic) bond motifs is 1. The number of rotatable bonds is 7. The average Bonchev–Trinajstić information content (AvgIpc) is 3.01. The van der Waals surface area contributed by atoms with E-state index in [2.05, 4.69) is 0 Å². The van der Waals surface area contributed by atoms with E-state index in [-0.39, 0.29) is 18.8 Å². The Balaban J connectivity index is 1.98. The van der Waals surface area contributed by atoms with Gasteiger partial charge in [0, 0.05) is 27.1 Å². The van der Waals surface area contributed by atoms with E-state index in [1.54, 1.807) is 11.3 Å². The van der Waals surface area contributed by atoms with E-state index in [1.165, 1.54) is 18.2 Å². The summed E-state index contributed by atoms with van der Waals surface area (Å²) >= 11 is 1.60. The SMILES string of the molecule is O=C(c1ccc(OCCO)c(Cc2cc3ccccc3s2)c1)P(=O)(O)O. The zero-order valence-electron chi connectivity index (χ0n) is 13.7. The van der Waals surface area contributed by atoms with E-state index in [4.69, 9.17) is 19.6 Å². The van der Waals surface area contributed by atoms with Gasteiger partial charge in [-0.25, -0.2) is 0 Å². The van der Waals surface area contributed by atoms with Gasteiger partial charge in [0.15, 0.2) is 0 Å². The highest BCUT2D eigenvalue weighted by atomic mass is 32.1. The van der Waals surface area contributed by atoms with Gasteiger partial charge in [-0.1, -0.05) is 18.2 Å². The Hall–Kier alpha value is -2.02. The molecule has 136 valence electrons. The zero-order valence-corrected chi connectivity index (χ0v) is 15.4. The molecule has 1 aromatic heterocycles. The predicted octanol–water partition coefficient (Wildman–Crippen LogP) is 3.18. The van der Waals surface area contributed by atoms with Crippen molar-refractivity contribution in [2.45, 2.75) is 6.42 Å². The maximum atomic E-state index is 11.9. The molecule has 0 saturated carbocycles. The quantitative estimate of drug-likeness (QED) is 0.534. The van der Waals surface area contributed by atoms with Crippen LogP contribution in [-0.2, 0) is 11.0 Å². The van der Waals surface area contributed by atoms with Gasteiger partial charge in [0.25, 0.3) is 5.52 Å². The molecule has 3 aromatic rings. The summed E-state index contributed by atoms with van der Waals surface area (Å²) in [5.41, 5.74) is -0.654. The lowest BCUT2D eigenvalue weighted by Gasteiger charge is -2.12. The third-order valence-electron chi connectivity index (χ3n) is 3.76. The summed E-state index contributed by atoms with van der Waals surface area (Å²) in [5, 5.41) is 10.1. The van der Waals surface area contributed by atoms with Crippen LogP contribution in [0, 0.1) is 0 Å². The van der Waals surface area contributed by atoms with Crippen LogP contribution in [0.4, 0.5) is 0 Å². The monoisotopic (exact) mass is 392 g/mol. The van der Waals surface area contributed by atoms with Gasteiger partial charge < -0.3 is 19.6 Å². The lowest BCUT2D eigenvalue weighted by molar-refractivity contribution is 0.104. The molecule has 26 heavy (non-hydrogen) atoms. The summed E-state index contributed by atoms with van der Waals surface area (Å²) < 4.78 is 17.9. The highest BCUT2D eigenvalue weighted by molar-refractivity contribution is 7.70. The van der Waals surface area contributed by atoms with Crippen molar-refractivity contribution < 1.29 is 29.0 Å². The van der Waals surface area contributed by atoms with E-state index >= 15 is 0 Å². The number of hydrogen-bond donors (Lipinski definition) is 3. The summed E-state index contributed by atoms with van der Waals surface area (Å²) in [7, 11) is -4.86. The fourth-order valence-electron chi connectivity index (χ4n) is 2.63. The van der Waals surface area contributed by atoms with Crippen LogP contribution < -0.4 is 4.74 Å². The van der Waals surface area contributed by atoms with E-state index in [9.17, 15) is 9.36 Å². The molecule has 0 aliphatic rings.